The van der Waals surface area contributed by atoms with E-state index in [4.69, 9.17) is 25.8 Å². The molecule has 0 saturated carbocycles. The first-order chi connectivity index (χ1) is 16.3. The van der Waals surface area contributed by atoms with Crippen LogP contribution in [0.5, 0.6) is 11.5 Å². The summed E-state index contributed by atoms with van der Waals surface area (Å²) in [7, 11) is 3.37. The van der Waals surface area contributed by atoms with Crippen LogP contribution < -0.4 is 4.74 Å². The van der Waals surface area contributed by atoms with Crippen molar-refractivity contribution in [2.45, 2.75) is 24.2 Å². The number of hydrogen-bond acceptors (Lipinski definition) is 11. The summed E-state index contributed by atoms with van der Waals surface area (Å²) in [5.74, 6) is -6.90. The van der Waals surface area contributed by atoms with Crippen LogP contribution in [0.4, 0.5) is 0 Å². The number of aliphatic hydroxyl groups excluding tert-OH is 1. The number of aliphatic hydroxyl groups is 3. The number of Topliss-reactive ketones (excluding diaryl/α,β-unsaturated/α-hetero) is 2. The lowest BCUT2D eigenvalue weighted by molar-refractivity contribution is -0.172. The molecule has 35 heavy (non-hydrogen) atoms. The number of carbonyl (C=O) groups excluding carboxylic acids is 4. The molecule has 0 unspecified atom stereocenters. The Hall–Kier alpha value is -3.51. The maximum Gasteiger partial charge on any atom is 0.341 e. The summed E-state index contributed by atoms with van der Waals surface area (Å²) >= 11 is 6.43. The van der Waals surface area contributed by atoms with Crippen molar-refractivity contribution in [3.05, 3.63) is 45.2 Å². The highest BCUT2D eigenvalue weighted by Gasteiger charge is 2.73. The third-order valence-electron chi connectivity index (χ3n) is 6.54. The number of esters is 1. The molecule has 0 aromatic heterocycles. The van der Waals surface area contributed by atoms with Crippen LogP contribution in [0, 0.1) is 6.92 Å². The fourth-order valence-electron chi connectivity index (χ4n) is 4.73. The Morgan fingerprint density at radius 3 is 2.26 bits per heavy atom. The van der Waals surface area contributed by atoms with Crippen molar-refractivity contribution in [1.82, 2.24) is 0 Å². The third kappa shape index (κ3) is 2.71. The van der Waals surface area contributed by atoms with Crippen LogP contribution >= 0.6 is 11.6 Å². The van der Waals surface area contributed by atoms with Gasteiger partial charge in [-0.3, -0.25) is 14.4 Å². The normalized spacial score (nSPS) is 25.7. The number of phenolic OH excluding ortho intramolecular Hbond substituents is 1. The van der Waals surface area contributed by atoms with Crippen LogP contribution in [0.25, 0.3) is 10.8 Å². The minimum absolute atomic E-state index is 0.0537. The van der Waals surface area contributed by atoms with Gasteiger partial charge in [-0.1, -0.05) is 11.6 Å². The summed E-state index contributed by atoms with van der Waals surface area (Å²) < 4.78 is 14.8. The lowest BCUT2D eigenvalue weighted by Crippen LogP contribution is -2.76. The van der Waals surface area contributed by atoms with Crippen molar-refractivity contribution in [3.63, 3.8) is 0 Å². The van der Waals surface area contributed by atoms with Gasteiger partial charge in [-0.25, -0.2) is 4.79 Å². The van der Waals surface area contributed by atoms with E-state index in [0.717, 1.165) is 20.3 Å². The topological polar surface area (TPSA) is 177 Å². The standard InChI is InChI=1S/C23H19ClO11/c1-7-12-8(15(24)17(34-3)13(7)21(30)35-4)5-9-14(16(12)26)20(29)22(31)11(25)6-10(33-2)19(28)23(22,32)18(9)27/h5-6,19,26,28,31-32H,1-4H3/t19-,22-,23-/m0/s1. The second-order valence-corrected chi connectivity index (χ2v) is 8.44. The second-order valence-electron chi connectivity index (χ2n) is 8.06. The molecule has 0 heterocycles. The average Bonchev–Trinajstić information content (AvgIpc) is 2.83. The van der Waals surface area contributed by atoms with E-state index in [0.29, 0.717) is 6.08 Å². The van der Waals surface area contributed by atoms with Crippen LogP contribution in [-0.4, -0.2) is 82.4 Å². The minimum atomic E-state index is -3.47. The van der Waals surface area contributed by atoms with E-state index in [1.54, 1.807) is 0 Å². The smallest absolute Gasteiger partial charge is 0.341 e. The molecule has 11 nitrogen and oxygen atoms in total. The van der Waals surface area contributed by atoms with Crippen molar-refractivity contribution in [2.75, 3.05) is 21.3 Å². The number of hydrogen-bond donors (Lipinski definition) is 4. The predicted molar refractivity (Wildman–Crippen MR) is 118 cm³/mol. The molecule has 4 rings (SSSR count). The monoisotopic (exact) mass is 506 g/mol. The Labute approximate surface area is 202 Å². The zero-order chi connectivity index (χ0) is 26.2. The number of ether oxygens (including phenoxy) is 3. The van der Waals surface area contributed by atoms with Gasteiger partial charge in [0.15, 0.2) is 11.9 Å². The first kappa shape index (κ1) is 24.6. The highest BCUT2D eigenvalue weighted by Crippen LogP contribution is 2.51. The molecule has 0 radical (unpaired) electrons. The molecule has 12 heteroatoms. The number of benzene rings is 2. The van der Waals surface area contributed by atoms with E-state index >= 15 is 0 Å². The molecule has 0 saturated heterocycles. The van der Waals surface area contributed by atoms with Crippen LogP contribution in [-0.2, 0) is 14.3 Å². The van der Waals surface area contributed by atoms with E-state index in [1.807, 2.05) is 0 Å². The van der Waals surface area contributed by atoms with Crippen LogP contribution in [0.2, 0.25) is 5.02 Å². The minimum Gasteiger partial charge on any atom is -0.507 e. The molecule has 0 spiro atoms. The average molecular weight is 507 g/mol. The first-order valence-corrected chi connectivity index (χ1v) is 10.4. The number of methoxy groups -OCH3 is 3. The Balaban J connectivity index is 2.17. The molecule has 184 valence electrons. The molecule has 3 atom stereocenters. The van der Waals surface area contributed by atoms with Gasteiger partial charge in [0.25, 0.3) is 0 Å². The highest BCUT2D eigenvalue weighted by atomic mass is 35.5. The van der Waals surface area contributed by atoms with Crippen molar-refractivity contribution >= 4 is 45.7 Å². The lowest BCUT2D eigenvalue weighted by atomic mass is 9.60. The fourth-order valence-corrected chi connectivity index (χ4v) is 5.05. The van der Waals surface area contributed by atoms with Gasteiger partial charge in [-0.15, -0.1) is 0 Å². The van der Waals surface area contributed by atoms with Crippen molar-refractivity contribution in [2.24, 2.45) is 0 Å². The third-order valence-corrected chi connectivity index (χ3v) is 6.91. The maximum atomic E-state index is 13.5. The Kier molecular flexibility index (Phi) is 5.45. The number of aromatic hydroxyl groups is 1. The van der Waals surface area contributed by atoms with Crippen molar-refractivity contribution < 1.29 is 53.8 Å². The number of halogens is 1. The van der Waals surface area contributed by atoms with Crippen LogP contribution in [0.15, 0.2) is 17.9 Å². The fraction of sp³-hybridized carbons (Fsp3) is 0.304. The molecule has 0 fully saturated rings. The molecule has 2 aliphatic rings. The summed E-state index contributed by atoms with van der Waals surface area (Å²) in [6.07, 6.45) is -1.72. The van der Waals surface area contributed by atoms with Crippen molar-refractivity contribution in [3.8, 4) is 11.5 Å². The van der Waals surface area contributed by atoms with Gasteiger partial charge in [0.1, 0.15) is 17.1 Å². The summed E-state index contributed by atoms with van der Waals surface area (Å²) in [5.41, 5.74) is -8.40. The van der Waals surface area contributed by atoms with Crippen LogP contribution in [0.3, 0.4) is 0 Å². The molecular weight excluding hydrogens is 488 g/mol. The summed E-state index contributed by atoms with van der Waals surface area (Å²) in [6.45, 7) is 1.39. The van der Waals surface area contributed by atoms with Gasteiger partial charge in [-0.05, 0) is 18.6 Å². The van der Waals surface area contributed by atoms with E-state index in [1.165, 1.54) is 14.0 Å². The lowest BCUT2D eigenvalue weighted by Gasteiger charge is -2.47. The van der Waals surface area contributed by atoms with Gasteiger partial charge >= 0.3 is 5.97 Å². The molecular formula is C23H19ClO11. The largest absolute Gasteiger partial charge is 0.507 e. The number of rotatable bonds is 3. The number of ketones is 3. The quantitative estimate of drug-likeness (QED) is 0.339. The zero-order valence-electron chi connectivity index (χ0n) is 18.8. The van der Waals surface area contributed by atoms with Gasteiger partial charge in [0.2, 0.25) is 28.6 Å². The summed E-state index contributed by atoms with van der Waals surface area (Å²) in [4.78, 5) is 52.1. The summed E-state index contributed by atoms with van der Waals surface area (Å²) in [6, 6.07) is 1.03. The molecule has 4 N–H and O–H groups in total. The van der Waals surface area contributed by atoms with Gasteiger partial charge in [0.05, 0.1) is 31.9 Å². The van der Waals surface area contributed by atoms with E-state index in [9.17, 15) is 39.6 Å². The van der Waals surface area contributed by atoms with Gasteiger partial charge in [-0.2, -0.15) is 0 Å². The van der Waals surface area contributed by atoms with Gasteiger partial charge < -0.3 is 34.6 Å². The Bertz CT molecular complexity index is 1410. The summed E-state index contributed by atoms with van der Waals surface area (Å²) in [5, 5.41) is 43.6. The van der Waals surface area contributed by atoms with E-state index in [-0.39, 0.29) is 32.7 Å². The second kappa shape index (κ2) is 7.75. The maximum absolute atomic E-state index is 13.5. The van der Waals surface area contributed by atoms with E-state index in [2.05, 4.69) is 0 Å². The molecule has 2 aromatic rings. The van der Waals surface area contributed by atoms with Gasteiger partial charge in [0, 0.05) is 22.4 Å². The highest BCUT2D eigenvalue weighted by molar-refractivity contribution is 6.40. The van der Waals surface area contributed by atoms with Crippen LogP contribution in [0.1, 0.15) is 36.6 Å². The molecule has 0 bridgehead atoms. The first-order valence-electron chi connectivity index (χ1n) is 10.0. The Morgan fingerprint density at radius 1 is 1.09 bits per heavy atom. The zero-order valence-corrected chi connectivity index (χ0v) is 19.5. The molecule has 2 aliphatic carbocycles. The molecule has 2 aromatic carbocycles. The SMILES string of the molecule is COC(=O)c1c(OC)c(Cl)c2cc3c(c(O)c2c1C)C(=O)[C@@]1(O)C(=O)C=C(OC)[C@H](O)[C@@]1(O)C3=O. The molecule has 0 aliphatic heterocycles. The molecule has 0 amide bonds. The number of phenols is 1. The number of fused-ring (bicyclic) bond motifs is 3. The number of carbonyl (C=O) groups is 4. The predicted octanol–water partition coefficient (Wildman–Crippen LogP) is 0.618. The van der Waals surface area contributed by atoms with Crippen molar-refractivity contribution in [1.29, 1.82) is 0 Å². The number of aryl methyl sites for hydroxylation is 1. The Morgan fingerprint density at radius 2 is 1.71 bits per heavy atom. The van der Waals surface area contributed by atoms with E-state index < -0.39 is 63.3 Å².